The van der Waals surface area contributed by atoms with Gasteiger partial charge in [0, 0.05) is 43.5 Å². The van der Waals surface area contributed by atoms with Crippen LogP contribution in [0.5, 0.6) is 11.5 Å². The van der Waals surface area contributed by atoms with Gasteiger partial charge in [0.1, 0.15) is 5.83 Å². The van der Waals surface area contributed by atoms with E-state index in [0.29, 0.717) is 5.56 Å². The molecule has 207 valence electrons. The Hall–Kier alpha value is -3.15. The summed E-state index contributed by atoms with van der Waals surface area (Å²) in [4.78, 5) is 5.59. The lowest BCUT2D eigenvalue weighted by atomic mass is 10.0. The number of pyridine rings is 1. The highest BCUT2D eigenvalue weighted by molar-refractivity contribution is 6.74. The molecule has 1 aliphatic rings. The molecule has 1 aromatic heterocycles. The van der Waals surface area contributed by atoms with Crippen molar-refractivity contribution >= 4 is 14.0 Å². The summed E-state index contributed by atoms with van der Waals surface area (Å²) in [6.45, 7) is 3.00. The quantitative estimate of drug-likeness (QED) is 0.217. The van der Waals surface area contributed by atoms with Crippen molar-refractivity contribution in [3.63, 3.8) is 0 Å². The normalized spacial score (nSPS) is 14.9. The number of anilines is 1. The highest BCUT2D eigenvalue weighted by Crippen LogP contribution is 2.44. The first-order chi connectivity index (χ1) is 17.7. The zero-order valence-corrected chi connectivity index (χ0v) is 22.6. The molecule has 0 N–H and O–H groups in total. The first-order valence-electron chi connectivity index (χ1n) is 11.7. The molecule has 0 saturated heterocycles. The molecule has 0 spiro atoms. The number of allylic oxidation sites excluding steroid dienone is 3. The van der Waals surface area contributed by atoms with Crippen LogP contribution < -0.4 is 14.4 Å². The summed E-state index contributed by atoms with van der Waals surface area (Å²) in [6.07, 6.45) is 4.05. The number of aromatic nitrogens is 1. The Labute approximate surface area is 218 Å². The van der Waals surface area contributed by atoms with E-state index in [0.717, 1.165) is 18.6 Å². The van der Waals surface area contributed by atoms with E-state index in [4.69, 9.17) is 4.43 Å². The van der Waals surface area contributed by atoms with Crippen LogP contribution in [0, 0.1) is 6.42 Å². The summed E-state index contributed by atoms with van der Waals surface area (Å²) in [5.41, 5.74) is 1.02. The zero-order chi connectivity index (χ0) is 28.3. The standard InChI is InChI=1S/C26H29F6N2O3Si/c1-26(2,3)38(4,5)37-23-19(10-9-18(27)22(23)28)34(15-16-7-6-12-33-14-16)17-8-11-20(35-24(29)30)21(13-17)36-25(31)32/h6-9,11-14,24-25H,10,15H2,1-5H3. The Morgan fingerprint density at radius 3 is 2.24 bits per heavy atom. The summed E-state index contributed by atoms with van der Waals surface area (Å²) in [5, 5.41) is -0.357. The molecule has 1 aromatic carbocycles. The van der Waals surface area contributed by atoms with E-state index in [1.165, 1.54) is 11.0 Å². The Kier molecular flexibility index (Phi) is 9.06. The molecule has 38 heavy (non-hydrogen) atoms. The molecular formula is C26H29F6N2O3Si. The fraction of sp³-hybridized carbons (Fsp3) is 0.385. The van der Waals surface area contributed by atoms with Gasteiger partial charge in [-0.25, -0.2) is 4.39 Å². The van der Waals surface area contributed by atoms with Gasteiger partial charge < -0.3 is 18.8 Å². The van der Waals surface area contributed by atoms with Crippen molar-refractivity contribution in [1.29, 1.82) is 0 Å². The molecule has 0 amide bonds. The number of hydrogen-bond acceptors (Lipinski definition) is 5. The minimum absolute atomic E-state index is 0.0411. The van der Waals surface area contributed by atoms with Gasteiger partial charge in [-0.05, 0) is 41.9 Å². The Morgan fingerprint density at radius 2 is 1.66 bits per heavy atom. The topological polar surface area (TPSA) is 43.8 Å². The van der Waals surface area contributed by atoms with Gasteiger partial charge in [-0.2, -0.15) is 22.0 Å². The molecule has 0 unspecified atom stereocenters. The minimum Gasteiger partial charge on any atom is -0.540 e. The maximum Gasteiger partial charge on any atom is 0.387 e. The largest absolute Gasteiger partial charge is 0.540 e. The molecule has 3 rings (SSSR count). The Bertz CT molecular complexity index is 1180. The van der Waals surface area contributed by atoms with Crippen LogP contribution in [0.1, 0.15) is 32.8 Å². The van der Waals surface area contributed by atoms with Gasteiger partial charge in [0.15, 0.2) is 23.1 Å². The number of nitrogens with zero attached hydrogens (tertiary/aromatic N) is 2. The SMILES string of the molecule is CC(C)(C)[Si](C)(C)OC1=C(N(Cc2cccnc2)c2ccc(OC(F)F)c(OC(F)F)c2)C[CH]C(F)=C1F. The zero-order valence-electron chi connectivity index (χ0n) is 21.6. The van der Waals surface area contributed by atoms with E-state index in [-0.39, 0.29) is 35.1 Å². The van der Waals surface area contributed by atoms with E-state index in [1.807, 2.05) is 33.9 Å². The number of hydrogen-bond donors (Lipinski definition) is 0. The smallest absolute Gasteiger partial charge is 0.387 e. The van der Waals surface area contributed by atoms with E-state index in [9.17, 15) is 22.0 Å². The minimum atomic E-state index is -3.33. The van der Waals surface area contributed by atoms with Crippen molar-refractivity contribution in [1.82, 2.24) is 4.98 Å². The van der Waals surface area contributed by atoms with Crippen LogP contribution in [-0.4, -0.2) is 26.5 Å². The summed E-state index contributed by atoms with van der Waals surface area (Å²) in [6, 6.07) is 6.86. The molecule has 0 atom stereocenters. The number of halogens is 6. The van der Waals surface area contributed by atoms with Crippen LogP contribution in [0.3, 0.4) is 0 Å². The molecule has 5 nitrogen and oxygen atoms in total. The molecular weight excluding hydrogens is 530 g/mol. The maximum atomic E-state index is 15.3. The molecule has 0 bridgehead atoms. The number of benzene rings is 1. The van der Waals surface area contributed by atoms with Gasteiger partial charge in [0.2, 0.25) is 0 Å². The molecule has 12 heteroatoms. The van der Waals surface area contributed by atoms with Gasteiger partial charge in [-0.15, -0.1) is 0 Å². The second-order valence-electron chi connectivity index (χ2n) is 10.0. The van der Waals surface area contributed by atoms with Gasteiger partial charge >= 0.3 is 13.2 Å². The summed E-state index contributed by atoms with van der Waals surface area (Å²) in [7, 11) is -2.68. The van der Waals surface area contributed by atoms with Crippen LogP contribution in [0.15, 0.2) is 65.8 Å². The van der Waals surface area contributed by atoms with E-state index in [1.54, 1.807) is 24.5 Å². The van der Waals surface area contributed by atoms with Crippen LogP contribution >= 0.6 is 0 Å². The van der Waals surface area contributed by atoms with Crippen molar-refractivity contribution in [2.75, 3.05) is 4.90 Å². The highest BCUT2D eigenvalue weighted by atomic mass is 28.4. The molecule has 0 saturated carbocycles. The molecule has 0 aliphatic heterocycles. The maximum absolute atomic E-state index is 15.3. The van der Waals surface area contributed by atoms with Crippen molar-refractivity contribution < 1.29 is 40.2 Å². The molecule has 1 radical (unpaired) electrons. The predicted octanol–water partition coefficient (Wildman–Crippen LogP) is 8.28. The molecule has 2 aromatic rings. The van der Waals surface area contributed by atoms with Gasteiger partial charge in [0.25, 0.3) is 8.32 Å². The van der Waals surface area contributed by atoms with E-state index >= 15 is 4.39 Å². The summed E-state index contributed by atoms with van der Waals surface area (Å²) < 4.78 is 96.8. The van der Waals surface area contributed by atoms with Crippen LogP contribution in [0.2, 0.25) is 18.1 Å². The van der Waals surface area contributed by atoms with Crippen LogP contribution in [-0.2, 0) is 11.0 Å². The van der Waals surface area contributed by atoms with E-state index in [2.05, 4.69) is 14.5 Å². The van der Waals surface area contributed by atoms with Crippen molar-refractivity contribution in [2.24, 2.45) is 0 Å². The number of ether oxygens (including phenoxy) is 2. The molecule has 1 heterocycles. The van der Waals surface area contributed by atoms with Crippen LogP contribution in [0.25, 0.3) is 0 Å². The monoisotopic (exact) mass is 559 g/mol. The van der Waals surface area contributed by atoms with Crippen molar-refractivity contribution in [2.45, 2.75) is 65.1 Å². The Morgan fingerprint density at radius 1 is 1.00 bits per heavy atom. The fourth-order valence-corrected chi connectivity index (χ4v) is 4.44. The first kappa shape index (κ1) is 29.4. The molecule has 0 fully saturated rings. The van der Waals surface area contributed by atoms with Gasteiger partial charge in [0.05, 0.1) is 5.70 Å². The van der Waals surface area contributed by atoms with E-state index < -0.39 is 44.7 Å². The third-order valence-electron chi connectivity index (χ3n) is 6.37. The molecule has 1 aliphatic carbocycles. The Balaban J connectivity index is 2.21. The van der Waals surface area contributed by atoms with Crippen molar-refractivity contribution in [3.8, 4) is 11.5 Å². The van der Waals surface area contributed by atoms with Gasteiger partial charge in [-0.3, -0.25) is 4.98 Å². The lowest BCUT2D eigenvalue weighted by Gasteiger charge is -2.40. The summed E-state index contributed by atoms with van der Waals surface area (Å²) >= 11 is 0. The predicted molar refractivity (Wildman–Crippen MR) is 134 cm³/mol. The summed E-state index contributed by atoms with van der Waals surface area (Å²) in [5.74, 6) is -3.82. The fourth-order valence-electron chi connectivity index (χ4n) is 3.41. The highest BCUT2D eigenvalue weighted by Gasteiger charge is 2.42. The third kappa shape index (κ3) is 7.03. The first-order valence-corrected chi connectivity index (χ1v) is 14.6. The average molecular weight is 560 g/mol. The number of alkyl halides is 4. The third-order valence-corrected chi connectivity index (χ3v) is 10.7. The lowest BCUT2D eigenvalue weighted by Crippen LogP contribution is -2.41. The number of rotatable bonds is 10. The average Bonchev–Trinajstić information content (AvgIpc) is 2.81. The van der Waals surface area contributed by atoms with Crippen molar-refractivity contribution in [3.05, 3.63) is 77.8 Å². The van der Waals surface area contributed by atoms with Gasteiger partial charge in [-0.1, -0.05) is 26.8 Å². The second kappa shape index (κ2) is 11.7. The lowest BCUT2D eigenvalue weighted by molar-refractivity contribution is -0.0692. The van der Waals surface area contributed by atoms with Crippen LogP contribution in [0.4, 0.5) is 32.0 Å². The second-order valence-corrected chi connectivity index (χ2v) is 14.8.